The number of piperidine rings is 1. The lowest BCUT2D eigenvalue weighted by Crippen LogP contribution is -2.47. The number of carbonyl (C=O) groups excluding carboxylic acids is 1. The van der Waals surface area contributed by atoms with Gasteiger partial charge in [0.1, 0.15) is 0 Å². The number of hydrogen-bond donors (Lipinski definition) is 1. The number of ether oxygens (including phenoxy) is 1. The minimum absolute atomic E-state index is 0.0366. The number of likely N-dealkylation sites (tertiary alicyclic amines) is 1. The Labute approximate surface area is 110 Å². The fourth-order valence-electron chi connectivity index (χ4n) is 2.79. The van der Waals surface area contributed by atoms with Gasteiger partial charge in [-0.2, -0.15) is 0 Å². The minimum Gasteiger partial charge on any atom is -0.381 e. The summed E-state index contributed by atoms with van der Waals surface area (Å²) in [7, 11) is 0. The largest absolute Gasteiger partial charge is 0.381 e. The third-order valence-electron chi connectivity index (χ3n) is 4.07. The summed E-state index contributed by atoms with van der Waals surface area (Å²) in [5, 5.41) is 3.36. The average molecular weight is 254 g/mol. The van der Waals surface area contributed by atoms with Gasteiger partial charge in [-0.1, -0.05) is 0 Å². The van der Waals surface area contributed by atoms with Gasteiger partial charge in [0, 0.05) is 26.3 Å². The molecule has 4 heteroatoms. The van der Waals surface area contributed by atoms with Crippen LogP contribution in [0.3, 0.4) is 0 Å². The molecule has 2 atom stereocenters. The fraction of sp³-hybridized carbons (Fsp3) is 0.929. The first kappa shape index (κ1) is 13.8. The van der Waals surface area contributed by atoms with Crippen LogP contribution in [-0.4, -0.2) is 49.7 Å². The second-order valence-corrected chi connectivity index (χ2v) is 5.58. The van der Waals surface area contributed by atoms with Crippen LogP contribution in [0.5, 0.6) is 0 Å². The summed E-state index contributed by atoms with van der Waals surface area (Å²) in [6.07, 6.45) is 5.90. The predicted molar refractivity (Wildman–Crippen MR) is 71.4 cm³/mol. The average Bonchev–Trinajstić information content (AvgIpc) is 2.92. The van der Waals surface area contributed by atoms with Crippen molar-refractivity contribution in [2.75, 3.05) is 32.8 Å². The summed E-state index contributed by atoms with van der Waals surface area (Å²) in [5.74, 6) is 0.965. The molecule has 2 fully saturated rings. The van der Waals surface area contributed by atoms with Crippen molar-refractivity contribution in [1.82, 2.24) is 10.2 Å². The van der Waals surface area contributed by atoms with Crippen molar-refractivity contribution < 1.29 is 9.53 Å². The van der Waals surface area contributed by atoms with Gasteiger partial charge in [-0.15, -0.1) is 0 Å². The number of nitrogens with zero attached hydrogens (tertiary/aromatic N) is 1. The standard InChI is InChI=1S/C14H26N2O2/c1-12(14(17)16-8-3-2-4-9-16)15-7-5-13-6-10-18-11-13/h12-13,15H,2-11H2,1H3. The lowest BCUT2D eigenvalue weighted by molar-refractivity contribution is -0.133. The van der Waals surface area contributed by atoms with Gasteiger partial charge < -0.3 is 15.0 Å². The van der Waals surface area contributed by atoms with E-state index in [2.05, 4.69) is 5.32 Å². The van der Waals surface area contributed by atoms with Crippen LogP contribution in [0.25, 0.3) is 0 Å². The number of carbonyl (C=O) groups is 1. The quantitative estimate of drug-likeness (QED) is 0.806. The van der Waals surface area contributed by atoms with Crippen molar-refractivity contribution in [2.24, 2.45) is 5.92 Å². The lowest BCUT2D eigenvalue weighted by atomic mass is 10.1. The van der Waals surface area contributed by atoms with Crippen LogP contribution < -0.4 is 5.32 Å². The highest BCUT2D eigenvalue weighted by Gasteiger charge is 2.22. The Kier molecular flexibility index (Phi) is 5.45. The molecule has 104 valence electrons. The minimum atomic E-state index is -0.0366. The Hall–Kier alpha value is -0.610. The molecule has 0 bridgehead atoms. The molecule has 0 aromatic heterocycles. The maximum absolute atomic E-state index is 12.2. The zero-order valence-corrected chi connectivity index (χ0v) is 11.5. The van der Waals surface area contributed by atoms with Crippen molar-refractivity contribution in [3.63, 3.8) is 0 Å². The Morgan fingerprint density at radius 3 is 2.83 bits per heavy atom. The second-order valence-electron chi connectivity index (χ2n) is 5.58. The van der Waals surface area contributed by atoms with Crippen LogP contribution in [0.4, 0.5) is 0 Å². The summed E-state index contributed by atoms with van der Waals surface area (Å²) in [5.41, 5.74) is 0. The van der Waals surface area contributed by atoms with E-state index in [1.54, 1.807) is 0 Å². The van der Waals surface area contributed by atoms with E-state index in [0.29, 0.717) is 5.92 Å². The maximum Gasteiger partial charge on any atom is 0.239 e. The molecule has 2 heterocycles. The maximum atomic E-state index is 12.2. The highest BCUT2D eigenvalue weighted by Crippen LogP contribution is 2.15. The highest BCUT2D eigenvalue weighted by atomic mass is 16.5. The van der Waals surface area contributed by atoms with Crippen LogP contribution in [0.2, 0.25) is 0 Å². The monoisotopic (exact) mass is 254 g/mol. The SMILES string of the molecule is CC(NCCC1CCOC1)C(=O)N1CCCCC1. The van der Waals surface area contributed by atoms with Crippen molar-refractivity contribution in [1.29, 1.82) is 0 Å². The van der Waals surface area contributed by atoms with Gasteiger partial charge in [0.25, 0.3) is 0 Å². The number of nitrogens with one attached hydrogen (secondary N) is 1. The Morgan fingerprint density at radius 1 is 1.39 bits per heavy atom. The molecular weight excluding hydrogens is 228 g/mol. The fourth-order valence-corrected chi connectivity index (χ4v) is 2.79. The lowest BCUT2D eigenvalue weighted by Gasteiger charge is -2.29. The van der Waals surface area contributed by atoms with Crippen LogP contribution in [0, 0.1) is 5.92 Å². The smallest absolute Gasteiger partial charge is 0.239 e. The third kappa shape index (κ3) is 3.95. The molecule has 0 aromatic carbocycles. The van der Waals surface area contributed by atoms with E-state index >= 15 is 0 Å². The van der Waals surface area contributed by atoms with E-state index < -0.39 is 0 Å². The van der Waals surface area contributed by atoms with Gasteiger partial charge >= 0.3 is 0 Å². The Bertz CT molecular complexity index is 259. The molecule has 18 heavy (non-hydrogen) atoms. The van der Waals surface area contributed by atoms with Crippen LogP contribution in [0.1, 0.15) is 39.0 Å². The first-order chi connectivity index (χ1) is 8.77. The van der Waals surface area contributed by atoms with Crippen molar-refractivity contribution in [3.05, 3.63) is 0 Å². The molecule has 0 saturated carbocycles. The molecule has 2 rings (SSSR count). The van der Waals surface area contributed by atoms with Crippen LogP contribution >= 0.6 is 0 Å². The molecule has 2 unspecified atom stereocenters. The molecule has 4 nitrogen and oxygen atoms in total. The van der Waals surface area contributed by atoms with Gasteiger partial charge in [0.15, 0.2) is 0 Å². The molecule has 2 saturated heterocycles. The first-order valence-electron chi connectivity index (χ1n) is 7.37. The van der Waals surface area contributed by atoms with E-state index in [4.69, 9.17) is 4.74 Å². The molecule has 2 aliphatic heterocycles. The van der Waals surface area contributed by atoms with Gasteiger partial charge in [-0.3, -0.25) is 4.79 Å². The van der Waals surface area contributed by atoms with E-state index in [-0.39, 0.29) is 11.9 Å². The molecule has 1 amide bonds. The number of amides is 1. The molecule has 0 radical (unpaired) electrons. The summed E-state index contributed by atoms with van der Waals surface area (Å²) in [6.45, 7) is 6.61. The molecule has 0 spiro atoms. The zero-order valence-electron chi connectivity index (χ0n) is 11.5. The summed E-state index contributed by atoms with van der Waals surface area (Å²) in [6, 6.07) is -0.0366. The summed E-state index contributed by atoms with van der Waals surface area (Å²) in [4.78, 5) is 14.2. The molecular formula is C14H26N2O2. The van der Waals surface area contributed by atoms with Crippen molar-refractivity contribution >= 4 is 5.91 Å². The highest BCUT2D eigenvalue weighted by molar-refractivity contribution is 5.81. The topological polar surface area (TPSA) is 41.6 Å². The number of rotatable bonds is 5. The van der Waals surface area contributed by atoms with Gasteiger partial charge in [-0.25, -0.2) is 0 Å². The van der Waals surface area contributed by atoms with Crippen LogP contribution in [-0.2, 0) is 9.53 Å². The van der Waals surface area contributed by atoms with Gasteiger partial charge in [-0.05, 0) is 51.5 Å². The van der Waals surface area contributed by atoms with Gasteiger partial charge in [0.05, 0.1) is 6.04 Å². The van der Waals surface area contributed by atoms with Gasteiger partial charge in [0.2, 0.25) is 5.91 Å². The molecule has 1 N–H and O–H groups in total. The van der Waals surface area contributed by atoms with Crippen molar-refractivity contribution in [3.8, 4) is 0 Å². The predicted octanol–water partition coefficient (Wildman–Crippen LogP) is 1.40. The second kappa shape index (κ2) is 7.10. The molecule has 0 aromatic rings. The summed E-state index contributed by atoms with van der Waals surface area (Å²) >= 11 is 0. The Morgan fingerprint density at radius 2 is 2.17 bits per heavy atom. The van der Waals surface area contributed by atoms with E-state index in [1.165, 1.54) is 12.8 Å². The normalized spacial score (nSPS) is 26.3. The van der Waals surface area contributed by atoms with Crippen LogP contribution in [0.15, 0.2) is 0 Å². The first-order valence-corrected chi connectivity index (χ1v) is 7.37. The Balaban J connectivity index is 1.63. The zero-order chi connectivity index (χ0) is 12.8. The van der Waals surface area contributed by atoms with E-state index in [1.807, 2.05) is 11.8 Å². The molecule has 0 aliphatic carbocycles. The molecule has 2 aliphatic rings. The van der Waals surface area contributed by atoms with E-state index in [0.717, 1.165) is 52.1 Å². The van der Waals surface area contributed by atoms with E-state index in [9.17, 15) is 4.79 Å². The third-order valence-corrected chi connectivity index (χ3v) is 4.07. The van der Waals surface area contributed by atoms with Crippen molar-refractivity contribution in [2.45, 2.75) is 45.1 Å². The number of hydrogen-bond acceptors (Lipinski definition) is 3. The summed E-state index contributed by atoms with van der Waals surface area (Å²) < 4.78 is 5.35.